The van der Waals surface area contributed by atoms with Crippen LogP contribution in [-0.2, 0) is 14.8 Å². The molecule has 0 bridgehead atoms. The maximum Gasteiger partial charge on any atom is 0.285 e. The van der Waals surface area contributed by atoms with Gasteiger partial charge in [-0.15, -0.1) is 16.0 Å². The zero-order valence-electron chi connectivity index (χ0n) is 10.7. The Labute approximate surface area is 132 Å². The molecule has 1 rings (SSSR count). The van der Waals surface area contributed by atoms with Crippen molar-refractivity contribution in [2.24, 2.45) is 10.1 Å². The zero-order chi connectivity index (χ0) is 15.5. The summed E-state index contributed by atoms with van der Waals surface area (Å²) < 4.78 is 32.7. The highest BCUT2D eigenvalue weighted by atomic mass is 35.5. The van der Waals surface area contributed by atoms with Gasteiger partial charge in [0.15, 0.2) is 0 Å². The molecular formula is C11H13Cl3N2O3S. The summed E-state index contributed by atoms with van der Waals surface area (Å²) in [6, 6.07) is 2.79. The summed E-state index contributed by atoms with van der Waals surface area (Å²) in [5, 5.41) is -0.538. The number of sulfonamides is 1. The molecule has 0 radical (unpaired) electrons. The van der Waals surface area contributed by atoms with E-state index >= 15 is 0 Å². The number of nitrogens with two attached hydrogens (primary N) is 1. The van der Waals surface area contributed by atoms with Crippen molar-refractivity contribution in [2.75, 3.05) is 13.7 Å². The van der Waals surface area contributed by atoms with E-state index in [0.29, 0.717) is 10.6 Å². The van der Waals surface area contributed by atoms with Crippen molar-refractivity contribution in [3.05, 3.63) is 27.7 Å². The van der Waals surface area contributed by atoms with E-state index in [2.05, 4.69) is 4.40 Å². The predicted molar refractivity (Wildman–Crippen MR) is 81.5 cm³/mol. The Morgan fingerprint density at radius 2 is 2.05 bits per heavy atom. The van der Waals surface area contributed by atoms with Crippen molar-refractivity contribution in [2.45, 2.75) is 17.2 Å². The van der Waals surface area contributed by atoms with Crippen LogP contribution in [0.1, 0.15) is 5.56 Å². The van der Waals surface area contributed by atoms with Gasteiger partial charge in [-0.1, -0.05) is 23.2 Å². The second kappa shape index (κ2) is 6.95. The normalized spacial score (nSPS) is 14.3. The first-order valence-electron chi connectivity index (χ1n) is 5.38. The minimum absolute atomic E-state index is 0.0237. The third kappa shape index (κ3) is 4.23. The number of amidine groups is 1. The molecule has 0 amide bonds. The summed E-state index contributed by atoms with van der Waals surface area (Å²) in [7, 11) is -2.65. The van der Waals surface area contributed by atoms with Gasteiger partial charge in [0.1, 0.15) is 16.1 Å². The van der Waals surface area contributed by atoms with Crippen molar-refractivity contribution in [1.29, 1.82) is 0 Å². The first-order valence-corrected chi connectivity index (χ1v) is 8.01. The summed E-state index contributed by atoms with van der Waals surface area (Å²) in [5.74, 6) is -0.265. The number of aryl methyl sites for hydroxylation is 1. The Bertz CT molecular complexity index is 609. The second-order valence-electron chi connectivity index (χ2n) is 3.95. The largest absolute Gasteiger partial charge is 0.385 e. The van der Waals surface area contributed by atoms with E-state index in [0.717, 1.165) is 0 Å². The summed E-state index contributed by atoms with van der Waals surface area (Å²) in [6.07, 6.45) is 0. The fourth-order valence-corrected chi connectivity index (χ4v) is 3.88. The average Bonchev–Trinajstić information content (AvgIpc) is 2.26. The molecule has 0 aliphatic rings. The van der Waals surface area contributed by atoms with Crippen LogP contribution in [0.2, 0.25) is 10.0 Å². The van der Waals surface area contributed by atoms with Gasteiger partial charge in [-0.05, 0) is 24.6 Å². The Kier molecular flexibility index (Phi) is 6.09. The third-order valence-electron chi connectivity index (χ3n) is 2.31. The summed E-state index contributed by atoms with van der Waals surface area (Å²) in [6.45, 7) is 1.60. The monoisotopic (exact) mass is 358 g/mol. The quantitative estimate of drug-likeness (QED) is 0.498. The SMILES string of the molecule is COC[C@H](Cl)C(N)=NS(=O)(=O)c1c(C)cc(Cl)cc1Cl. The van der Waals surface area contributed by atoms with Crippen LogP contribution in [0.15, 0.2) is 21.4 Å². The van der Waals surface area contributed by atoms with Crippen molar-refractivity contribution < 1.29 is 13.2 Å². The van der Waals surface area contributed by atoms with Crippen molar-refractivity contribution in [3.63, 3.8) is 0 Å². The topological polar surface area (TPSA) is 81.8 Å². The number of hydrogen-bond acceptors (Lipinski definition) is 3. The van der Waals surface area contributed by atoms with Gasteiger partial charge in [0.25, 0.3) is 10.0 Å². The fourth-order valence-electron chi connectivity index (χ4n) is 1.49. The van der Waals surface area contributed by atoms with E-state index in [1.807, 2.05) is 0 Å². The maximum atomic E-state index is 12.2. The van der Waals surface area contributed by atoms with E-state index in [4.69, 9.17) is 45.3 Å². The molecule has 0 fully saturated rings. The number of benzene rings is 1. The van der Waals surface area contributed by atoms with E-state index in [1.54, 1.807) is 6.92 Å². The molecule has 1 aromatic carbocycles. The van der Waals surface area contributed by atoms with Crippen LogP contribution in [-0.4, -0.2) is 33.3 Å². The Hall–Kier alpha value is -0.530. The molecule has 1 atom stereocenters. The lowest BCUT2D eigenvalue weighted by Crippen LogP contribution is -2.29. The van der Waals surface area contributed by atoms with E-state index in [-0.39, 0.29) is 22.4 Å². The number of halogens is 3. The number of ether oxygens (including phenoxy) is 1. The number of alkyl halides is 1. The zero-order valence-corrected chi connectivity index (χ0v) is 13.8. The van der Waals surface area contributed by atoms with Gasteiger partial charge in [0.2, 0.25) is 0 Å². The highest BCUT2D eigenvalue weighted by Crippen LogP contribution is 2.30. The maximum absolute atomic E-state index is 12.2. The molecule has 112 valence electrons. The molecule has 0 aliphatic carbocycles. The Balaban J connectivity index is 3.28. The molecule has 0 unspecified atom stereocenters. The van der Waals surface area contributed by atoms with Crippen molar-refractivity contribution >= 4 is 50.7 Å². The predicted octanol–water partition coefficient (Wildman–Crippen LogP) is 2.60. The first-order chi connectivity index (χ1) is 9.19. The van der Waals surface area contributed by atoms with Gasteiger partial charge in [-0.25, -0.2) is 0 Å². The molecule has 5 nitrogen and oxygen atoms in total. The molecule has 0 saturated carbocycles. The van der Waals surface area contributed by atoms with Gasteiger partial charge in [0, 0.05) is 12.1 Å². The molecule has 20 heavy (non-hydrogen) atoms. The Morgan fingerprint density at radius 1 is 1.45 bits per heavy atom. The molecular weight excluding hydrogens is 347 g/mol. The molecule has 0 aliphatic heterocycles. The van der Waals surface area contributed by atoms with Crippen LogP contribution < -0.4 is 5.73 Å². The summed E-state index contributed by atoms with van der Waals surface area (Å²) >= 11 is 17.5. The lowest BCUT2D eigenvalue weighted by Gasteiger charge is -2.10. The minimum atomic E-state index is -4.07. The molecule has 0 saturated heterocycles. The van der Waals surface area contributed by atoms with E-state index in [9.17, 15) is 8.42 Å². The van der Waals surface area contributed by atoms with Crippen molar-refractivity contribution in [3.8, 4) is 0 Å². The molecule has 2 N–H and O–H groups in total. The summed E-state index contributed by atoms with van der Waals surface area (Å²) in [4.78, 5) is -0.146. The van der Waals surface area contributed by atoms with Gasteiger partial charge in [-0.2, -0.15) is 8.42 Å². The second-order valence-corrected chi connectivity index (χ2v) is 6.86. The average molecular weight is 360 g/mol. The molecule has 0 spiro atoms. The highest BCUT2D eigenvalue weighted by Gasteiger charge is 2.22. The molecule has 0 aromatic heterocycles. The standard InChI is InChI=1S/C11H13Cl3N2O3S/c1-6-3-7(12)4-8(13)10(6)20(17,18)16-11(15)9(14)5-19-2/h3-4,9H,5H2,1-2H3,(H2,15,16)/t9-/m0/s1. The van der Waals surface area contributed by atoms with E-state index in [1.165, 1.54) is 19.2 Å². The number of nitrogens with zero attached hydrogens (tertiary/aromatic N) is 1. The molecule has 9 heteroatoms. The minimum Gasteiger partial charge on any atom is -0.385 e. The highest BCUT2D eigenvalue weighted by molar-refractivity contribution is 7.90. The van der Waals surface area contributed by atoms with Gasteiger partial charge < -0.3 is 10.5 Å². The van der Waals surface area contributed by atoms with Gasteiger partial charge in [0.05, 0.1) is 11.6 Å². The number of hydrogen-bond donors (Lipinski definition) is 1. The lowest BCUT2D eigenvalue weighted by atomic mass is 10.2. The van der Waals surface area contributed by atoms with Crippen LogP contribution in [0.5, 0.6) is 0 Å². The van der Waals surface area contributed by atoms with Gasteiger partial charge >= 0.3 is 0 Å². The Morgan fingerprint density at radius 3 is 2.55 bits per heavy atom. The van der Waals surface area contributed by atoms with Crippen LogP contribution in [0.4, 0.5) is 0 Å². The summed E-state index contributed by atoms with van der Waals surface area (Å²) in [5.41, 5.74) is 5.92. The lowest BCUT2D eigenvalue weighted by molar-refractivity contribution is 0.209. The number of methoxy groups -OCH3 is 1. The first kappa shape index (κ1) is 17.5. The van der Waals surface area contributed by atoms with Crippen LogP contribution in [0.25, 0.3) is 0 Å². The van der Waals surface area contributed by atoms with Crippen molar-refractivity contribution in [1.82, 2.24) is 0 Å². The van der Waals surface area contributed by atoms with Crippen LogP contribution in [0, 0.1) is 6.92 Å². The number of rotatable bonds is 5. The fraction of sp³-hybridized carbons (Fsp3) is 0.364. The molecule has 1 aromatic rings. The van der Waals surface area contributed by atoms with Crippen LogP contribution in [0.3, 0.4) is 0 Å². The van der Waals surface area contributed by atoms with Gasteiger partial charge in [-0.3, -0.25) is 0 Å². The van der Waals surface area contributed by atoms with Crippen LogP contribution >= 0.6 is 34.8 Å². The third-order valence-corrected chi connectivity index (χ3v) is 4.80. The molecule has 0 heterocycles. The van der Waals surface area contributed by atoms with E-state index < -0.39 is 15.4 Å². The smallest absolute Gasteiger partial charge is 0.285 e.